The van der Waals surface area contributed by atoms with Crippen molar-refractivity contribution in [3.63, 3.8) is 0 Å². The lowest BCUT2D eigenvalue weighted by Gasteiger charge is -2.29. The van der Waals surface area contributed by atoms with Gasteiger partial charge in [0.15, 0.2) is 0 Å². The topological polar surface area (TPSA) is 65.1 Å². The normalized spacial score (nSPS) is 33.9. The van der Waals surface area contributed by atoms with Crippen LogP contribution in [0.5, 0.6) is 0 Å². The predicted octanol–water partition coefficient (Wildman–Crippen LogP) is 1.02. The fourth-order valence-electron chi connectivity index (χ4n) is 3.15. The first-order valence-electron chi connectivity index (χ1n) is 6.99. The van der Waals surface area contributed by atoms with Crippen molar-refractivity contribution >= 4 is 11.8 Å². The van der Waals surface area contributed by atoms with Gasteiger partial charge in [0.25, 0.3) is 11.8 Å². The van der Waals surface area contributed by atoms with Crippen LogP contribution in [0.3, 0.4) is 0 Å². The third-order valence-corrected chi connectivity index (χ3v) is 4.66. The summed E-state index contributed by atoms with van der Waals surface area (Å²) in [5.74, 6) is -0.658. The molecule has 6 nitrogen and oxygen atoms in total. The average molecular weight is 289 g/mol. The van der Waals surface area contributed by atoms with E-state index < -0.39 is 17.4 Å². The molecule has 0 saturated carbocycles. The van der Waals surface area contributed by atoms with Gasteiger partial charge in [-0.15, -0.1) is 5.06 Å². The van der Waals surface area contributed by atoms with Crippen molar-refractivity contribution in [2.45, 2.75) is 18.6 Å². The third kappa shape index (κ3) is 1.70. The molecule has 3 aliphatic rings. The maximum Gasteiger partial charge on any atom is 0.285 e. The first kappa shape index (κ1) is 12.9. The zero-order valence-electron chi connectivity index (χ0n) is 11.6. The molecular formula is C15H15NO5. The van der Waals surface area contributed by atoms with Crippen LogP contribution in [-0.4, -0.2) is 48.4 Å². The van der Waals surface area contributed by atoms with Gasteiger partial charge in [0, 0.05) is 5.92 Å². The maximum atomic E-state index is 12.2. The molecule has 1 aromatic carbocycles. The van der Waals surface area contributed by atoms with E-state index in [1.165, 1.54) is 0 Å². The van der Waals surface area contributed by atoms with Gasteiger partial charge in [-0.25, -0.2) is 0 Å². The van der Waals surface area contributed by atoms with Crippen LogP contribution in [0.1, 0.15) is 27.6 Å². The lowest BCUT2D eigenvalue weighted by molar-refractivity contribution is -0.177. The highest BCUT2D eigenvalue weighted by Crippen LogP contribution is 2.41. The summed E-state index contributed by atoms with van der Waals surface area (Å²) >= 11 is 0. The molecule has 2 bridgehead atoms. The zero-order chi connectivity index (χ0) is 14.6. The van der Waals surface area contributed by atoms with Crippen molar-refractivity contribution in [3.05, 3.63) is 35.4 Å². The Morgan fingerprint density at radius 3 is 2.43 bits per heavy atom. The number of amides is 2. The highest BCUT2D eigenvalue weighted by Gasteiger charge is 2.55. The largest absolute Gasteiger partial charge is 0.372 e. The molecule has 2 amide bonds. The number of carbonyl (C=O) groups excluding carboxylic acids is 2. The van der Waals surface area contributed by atoms with E-state index in [-0.39, 0.29) is 18.6 Å². The molecule has 1 aromatic rings. The molecule has 21 heavy (non-hydrogen) atoms. The molecule has 0 spiro atoms. The summed E-state index contributed by atoms with van der Waals surface area (Å²) in [7, 11) is 0. The van der Waals surface area contributed by atoms with E-state index >= 15 is 0 Å². The van der Waals surface area contributed by atoms with Crippen molar-refractivity contribution in [2.75, 3.05) is 19.8 Å². The summed E-state index contributed by atoms with van der Waals surface area (Å²) in [4.78, 5) is 29.9. The fourth-order valence-corrected chi connectivity index (χ4v) is 3.15. The van der Waals surface area contributed by atoms with Gasteiger partial charge in [-0.1, -0.05) is 19.1 Å². The van der Waals surface area contributed by atoms with Crippen LogP contribution in [0.2, 0.25) is 0 Å². The molecule has 0 N–H and O–H groups in total. The van der Waals surface area contributed by atoms with E-state index in [2.05, 4.69) is 0 Å². The lowest BCUT2D eigenvalue weighted by Crippen LogP contribution is -2.44. The Kier molecular flexibility index (Phi) is 2.69. The molecule has 2 fully saturated rings. The van der Waals surface area contributed by atoms with Crippen LogP contribution in [-0.2, 0) is 14.3 Å². The van der Waals surface area contributed by atoms with Crippen molar-refractivity contribution < 1.29 is 23.9 Å². The molecule has 6 heteroatoms. The molecule has 3 heterocycles. The second kappa shape index (κ2) is 4.37. The van der Waals surface area contributed by atoms with Crippen molar-refractivity contribution in [2.24, 2.45) is 5.92 Å². The molecule has 0 aliphatic carbocycles. The minimum atomic E-state index is -0.556. The van der Waals surface area contributed by atoms with E-state index in [9.17, 15) is 9.59 Å². The fraction of sp³-hybridized carbons (Fsp3) is 0.467. The number of fused-ring (bicyclic) bond motifs is 3. The minimum absolute atomic E-state index is 0.0794. The van der Waals surface area contributed by atoms with Gasteiger partial charge in [-0.3, -0.25) is 14.4 Å². The molecule has 0 unspecified atom stereocenters. The Hall–Kier alpha value is -1.76. The van der Waals surface area contributed by atoms with Gasteiger partial charge in [0.2, 0.25) is 0 Å². The number of ether oxygens (including phenoxy) is 2. The number of imide groups is 1. The number of hydrogen-bond donors (Lipinski definition) is 0. The number of carbonyl (C=O) groups is 2. The van der Waals surface area contributed by atoms with Crippen LogP contribution in [0.25, 0.3) is 0 Å². The van der Waals surface area contributed by atoms with E-state index in [1.54, 1.807) is 24.3 Å². The Morgan fingerprint density at radius 2 is 1.95 bits per heavy atom. The van der Waals surface area contributed by atoms with Crippen LogP contribution >= 0.6 is 0 Å². The van der Waals surface area contributed by atoms with Gasteiger partial charge >= 0.3 is 0 Å². The molecule has 3 aliphatic heterocycles. The summed E-state index contributed by atoms with van der Waals surface area (Å²) in [6, 6.07) is 6.70. The summed E-state index contributed by atoms with van der Waals surface area (Å²) < 4.78 is 11.4. The Morgan fingerprint density at radius 1 is 1.29 bits per heavy atom. The SMILES string of the molecule is C[C@H]1[C@@H]2CO[C@@]1(CON1C(=O)c3ccccc3C1=O)CO2. The highest BCUT2D eigenvalue weighted by molar-refractivity contribution is 6.20. The zero-order valence-corrected chi connectivity index (χ0v) is 11.6. The van der Waals surface area contributed by atoms with Gasteiger partial charge in [-0.05, 0) is 12.1 Å². The van der Waals surface area contributed by atoms with E-state index in [4.69, 9.17) is 14.3 Å². The second-order valence-corrected chi connectivity index (χ2v) is 5.74. The Labute approximate surface area is 121 Å². The molecule has 4 rings (SSSR count). The molecule has 0 radical (unpaired) electrons. The lowest BCUT2D eigenvalue weighted by atomic mass is 9.92. The summed E-state index contributed by atoms with van der Waals surface area (Å²) in [5.41, 5.74) is 0.196. The second-order valence-electron chi connectivity index (χ2n) is 5.74. The van der Waals surface area contributed by atoms with E-state index in [0.29, 0.717) is 24.3 Å². The van der Waals surface area contributed by atoms with Crippen LogP contribution in [0.4, 0.5) is 0 Å². The Bertz CT molecular complexity index is 585. The Balaban J connectivity index is 1.52. The van der Waals surface area contributed by atoms with Crippen molar-refractivity contribution in [3.8, 4) is 0 Å². The summed E-state index contributed by atoms with van der Waals surface area (Å²) in [6.45, 7) is 3.14. The van der Waals surface area contributed by atoms with Crippen LogP contribution in [0.15, 0.2) is 24.3 Å². The van der Waals surface area contributed by atoms with E-state index in [1.807, 2.05) is 6.92 Å². The van der Waals surface area contributed by atoms with Crippen molar-refractivity contribution in [1.82, 2.24) is 5.06 Å². The predicted molar refractivity (Wildman–Crippen MR) is 70.5 cm³/mol. The quantitative estimate of drug-likeness (QED) is 0.777. The number of benzene rings is 1. The first-order chi connectivity index (χ1) is 10.1. The number of hydroxylamine groups is 2. The molecular weight excluding hydrogens is 274 g/mol. The van der Waals surface area contributed by atoms with Gasteiger partial charge < -0.3 is 9.47 Å². The third-order valence-electron chi connectivity index (χ3n) is 4.66. The average Bonchev–Trinajstić information content (AvgIpc) is 3.08. The van der Waals surface area contributed by atoms with Crippen molar-refractivity contribution in [1.29, 1.82) is 0 Å². The summed E-state index contributed by atoms with van der Waals surface area (Å²) in [6.07, 6.45) is 0.0794. The maximum absolute atomic E-state index is 12.2. The van der Waals surface area contributed by atoms with Crippen LogP contribution < -0.4 is 0 Å². The molecule has 110 valence electrons. The first-order valence-corrected chi connectivity index (χ1v) is 6.99. The number of hydrogen-bond acceptors (Lipinski definition) is 5. The van der Waals surface area contributed by atoms with E-state index in [0.717, 1.165) is 5.06 Å². The smallest absolute Gasteiger partial charge is 0.285 e. The molecule has 3 atom stereocenters. The summed E-state index contributed by atoms with van der Waals surface area (Å²) in [5, 5.41) is 0.834. The minimum Gasteiger partial charge on any atom is -0.372 e. The molecule has 0 aromatic heterocycles. The van der Waals surface area contributed by atoms with Gasteiger partial charge in [0.05, 0.1) is 30.4 Å². The van der Waals surface area contributed by atoms with Crippen LogP contribution in [0, 0.1) is 5.92 Å². The molecule has 2 saturated heterocycles. The number of rotatable bonds is 3. The number of nitrogens with zero attached hydrogens (tertiary/aromatic N) is 1. The van der Waals surface area contributed by atoms with Gasteiger partial charge in [-0.2, -0.15) is 0 Å². The highest BCUT2D eigenvalue weighted by atomic mass is 16.7. The van der Waals surface area contributed by atoms with Gasteiger partial charge in [0.1, 0.15) is 12.2 Å². The monoisotopic (exact) mass is 289 g/mol. The standard InChI is InChI=1S/C15H15NO5/c1-9-12-6-20-15(9,7-19-12)8-21-16-13(17)10-4-2-3-5-11(10)14(16)18/h2-5,9,12H,6-8H2,1H3/t9-,12-,15+/m0/s1.